The maximum atomic E-state index is 11.5. The van der Waals surface area contributed by atoms with Crippen LogP contribution in [0.4, 0.5) is 0 Å². The van der Waals surface area contributed by atoms with E-state index in [1.165, 1.54) is 44.1 Å². The molecule has 0 amide bonds. The molecular weight excluding hydrogens is 274 g/mol. The number of fused-ring (bicyclic) bond motifs is 2. The van der Waals surface area contributed by atoms with E-state index in [-0.39, 0.29) is 5.97 Å². The van der Waals surface area contributed by atoms with Gasteiger partial charge in [-0.2, -0.15) is 0 Å². The van der Waals surface area contributed by atoms with Crippen LogP contribution < -0.4 is 0 Å². The Morgan fingerprint density at radius 2 is 1.91 bits per heavy atom. The second kappa shape index (κ2) is 6.47. The molecule has 2 aliphatic rings. The Kier molecular flexibility index (Phi) is 4.41. The molecule has 0 aliphatic heterocycles. The van der Waals surface area contributed by atoms with Crippen molar-refractivity contribution in [2.24, 2.45) is 5.92 Å². The quantitative estimate of drug-likeness (QED) is 0.736. The number of esters is 1. The Labute approximate surface area is 131 Å². The van der Waals surface area contributed by atoms with Crippen LogP contribution in [0.1, 0.15) is 54.2 Å². The first-order valence-electron chi connectivity index (χ1n) is 8.18. The first kappa shape index (κ1) is 15.0. The summed E-state index contributed by atoms with van der Waals surface area (Å²) < 4.78 is 4.74. The van der Waals surface area contributed by atoms with Crippen molar-refractivity contribution in [2.45, 2.75) is 45.4 Å². The van der Waals surface area contributed by atoms with E-state index in [0.29, 0.717) is 5.56 Å². The second-order valence-corrected chi connectivity index (χ2v) is 6.38. The second-order valence-electron chi connectivity index (χ2n) is 6.38. The molecule has 3 heteroatoms. The molecule has 1 heterocycles. The number of hydrogen-bond acceptors (Lipinski definition) is 3. The highest BCUT2D eigenvalue weighted by Crippen LogP contribution is 2.26. The molecule has 1 aromatic carbocycles. The molecule has 22 heavy (non-hydrogen) atoms. The third kappa shape index (κ3) is 3.46. The number of methoxy groups -OCH3 is 1. The van der Waals surface area contributed by atoms with Crippen LogP contribution in [0.5, 0.6) is 0 Å². The molecule has 1 fully saturated rings. The fraction of sp³-hybridized carbons (Fsp3) is 0.474. The number of carbonyl (C=O) groups excluding carboxylic acids is 1. The summed E-state index contributed by atoms with van der Waals surface area (Å²) in [5.41, 5.74) is 4.10. The molecule has 0 unspecified atom stereocenters. The van der Waals surface area contributed by atoms with Crippen molar-refractivity contribution in [3.8, 4) is 0 Å². The average molecular weight is 297 g/mol. The summed E-state index contributed by atoms with van der Waals surface area (Å²) in [6.45, 7) is 2.28. The van der Waals surface area contributed by atoms with E-state index >= 15 is 0 Å². The van der Waals surface area contributed by atoms with Crippen molar-refractivity contribution in [3.63, 3.8) is 0 Å². The van der Waals surface area contributed by atoms with Crippen LogP contribution in [-0.4, -0.2) is 18.1 Å². The van der Waals surface area contributed by atoms with Crippen LogP contribution in [0.25, 0.3) is 10.9 Å². The molecule has 0 radical (unpaired) electrons. The Bertz CT molecular complexity index is 689. The van der Waals surface area contributed by atoms with Crippen LogP contribution in [0, 0.1) is 5.92 Å². The van der Waals surface area contributed by atoms with Gasteiger partial charge in [0.1, 0.15) is 0 Å². The molecule has 0 saturated heterocycles. The largest absolute Gasteiger partial charge is 0.465 e. The van der Waals surface area contributed by atoms with Crippen LogP contribution in [-0.2, 0) is 17.6 Å². The van der Waals surface area contributed by atoms with E-state index < -0.39 is 0 Å². The third-order valence-corrected chi connectivity index (χ3v) is 4.38. The van der Waals surface area contributed by atoms with Crippen LogP contribution in [0.2, 0.25) is 0 Å². The van der Waals surface area contributed by atoms with E-state index in [1.807, 2.05) is 12.1 Å². The van der Waals surface area contributed by atoms with Crippen LogP contribution >= 0.6 is 0 Å². The van der Waals surface area contributed by atoms with Crippen molar-refractivity contribution in [3.05, 3.63) is 41.1 Å². The van der Waals surface area contributed by atoms with E-state index in [2.05, 4.69) is 18.0 Å². The molecule has 4 rings (SSSR count). The van der Waals surface area contributed by atoms with E-state index in [4.69, 9.17) is 4.74 Å². The SMILES string of the molecule is CC1CC1.COC(=O)c1ccc2nc3c(cc2c1)CCCC3. The number of hydrogen-bond donors (Lipinski definition) is 0. The lowest BCUT2D eigenvalue weighted by molar-refractivity contribution is 0.0601. The molecule has 1 aromatic heterocycles. The Balaban J connectivity index is 0.000000313. The van der Waals surface area contributed by atoms with Crippen molar-refractivity contribution in [2.75, 3.05) is 7.11 Å². The summed E-state index contributed by atoms with van der Waals surface area (Å²) in [7, 11) is 1.40. The molecular formula is C19H23NO2. The minimum absolute atomic E-state index is 0.297. The standard InChI is InChI=1S/C15H15NO2.C4H8/c1-18-15(17)11-6-7-14-12(9-11)8-10-4-2-3-5-13(10)16-14;1-4-2-3-4/h6-9H,2-5H2,1H3;4H,2-3H2,1H3. The highest BCUT2D eigenvalue weighted by atomic mass is 16.5. The molecule has 1 saturated carbocycles. The number of aromatic nitrogens is 1. The maximum absolute atomic E-state index is 11.5. The minimum atomic E-state index is -0.297. The summed E-state index contributed by atoms with van der Waals surface area (Å²) in [6.07, 6.45) is 7.60. The Morgan fingerprint density at radius 3 is 2.59 bits per heavy atom. The monoisotopic (exact) mass is 297 g/mol. The Morgan fingerprint density at radius 1 is 1.18 bits per heavy atom. The zero-order valence-electron chi connectivity index (χ0n) is 13.4. The van der Waals surface area contributed by atoms with Crippen molar-refractivity contribution < 1.29 is 9.53 Å². The van der Waals surface area contributed by atoms with Crippen molar-refractivity contribution in [1.82, 2.24) is 4.98 Å². The summed E-state index contributed by atoms with van der Waals surface area (Å²) in [4.78, 5) is 16.2. The van der Waals surface area contributed by atoms with Gasteiger partial charge in [0, 0.05) is 11.1 Å². The fourth-order valence-electron chi connectivity index (χ4n) is 2.71. The van der Waals surface area contributed by atoms with Gasteiger partial charge in [-0.15, -0.1) is 0 Å². The number of aryl methyl sites for hydroxylation is 2. The third-order valence-electron chi connectivity index (χ3n) is 4.38. The molecule has 0 spiro atoms. The van der Waals surface area contributed by atoms with Gasteiger partial charge in [0.25, 0.3) is 0 Å². The zero-order valence-corrected chi connectivity index (χ0v) is 13.4. The lowest BCUT2D eigenvalue weighted by Gasteiger charge is -2.15. The number of carbonyl (C=O) groups is 1. The highest BCUT2D eigenvalue weighted by Gasteiger charge is 2.13. The molecule has 0 atom stereocenters. The number of ether oxygens (including phenoxy) is 1. The molecule has 0 bridgehead atoms. The topological polar surface area (TPSA) is 39.2 Å². The fourth-order valence-corrected chi connectivity index (χ4v) is 2.71. The van der Waals surface area contributed by atoms with Gasteiger partial charge < -0.3 is 4.74 Å². The number of rotatable bonds is 1. The molecule has 2 aliphatic carbocycles. The van der Waals surface area contributed by atoms with Gasteiger partial charge in [-0.3, -0.25) is 4.98 Å². The van der Waals surface area contributed by atoms with Gasteiger partial charge >= 0.3 is 5.97 Å². The zero-order chi connectivity index (χ0) is 15.5. The summed E-state index contributed by atoms with van der Waals surface area (Å²) in [5.74, 6) is 0.787. The minimum Gasteiger partial charge on any atom is -0.465 e. The number of pyridine rings is 1. The lowest BCUT2D eigenvalue weighted by Crippen LogP contribution is -2.06. The molecule has 0 N–H and O–H groups in total. The first-order valence-corrected chi connectivity index (χ1v) is 8.18. The van der Waals surface area contributed by atoms with E-state index in [0.717, 1.165) is 29.7 Å². The smallest absolute Gasteiger partial charge is 0.337 e. The summed E-state index contributed by atoms with van der Waals surface area (Å²) in [6, 6.07) is 7.71. The predicted octanol–water partition coefficient (Wildman–Crippen LogP) is 4.32. The van der Waals surface area contributed by atoms with Gasteiger partial charge in [-0.25, -0.2) is 4.79 Å². The Hall–Kier alpha value is -1.90. The average Bonchev–Trinajstić information content (AvgIpc) is 3.34. The van der Waals surface area contributed by atoms with E-state index in [9.17, 15) is 4.79 Å². The van der Waals surface area contributed by atoms with Gasteiger partial charge in [0.05, 0.1) is 18.2 Å². The summed E-state index contributed by atoms with van der Waals surface area (Å²) >= 11 is 0. The molecule has 3 nitrogen and oxygen atoms in total. The van der Waals surface area contributed by atoms with Crippen LogP contribution in [0.15, 0.2) is 24.3 Å². The number of nitrogens with zero attached hydrogens (tertiary/aromatic N) is 1. The molecule has 2 aromatic rings. The predicted molar refractivity (Wildman–Crippen MR) is 88.1 cm³/mol. The summed E-state index contributed by atoms with van der Waals surface area (Å²) in [5, 5.41) is 1.03. The van der Waals surface area contributed by atoms with Crippen molar-refractivity contribution >= 4 is 16.9 Å². The number of benzene rings is 1. The van der Waals surface area contributed by atoms with Gasteiger partial charge in [-0.05, 0) is 61.4 Å². The van der Waals surface area contributed by atoms with Gasteiger partial charge in [-0.1, -0.05) is 19.8 Å². The normalized spacial score (nSPS) is 16.5. The first-order chi connectivity index (χ1) is 10.7. The highest BCUT2D eigenvalue weighted by molar-refractivity contribution is 5.94. The lowest BCUT2D eigenvalue weighted by atomic mass is 9.94. The van der Waals surface area contributed by atoms with Crippen molar-refractivity contribution in [1.29, 1.82) is 0 Å². The van der Waals surface area contributed by atoms with E-state index in [1.54, 1.807) is 6.07 Å². The molecule has 116 valence electrons. The maximum Gasteiger partial charge on any atom is 0.337 e. The van der Waals surface area contributed by atoms with Crippen LogP contribution in [0.3, 0.4) is 0 Å². The van der Waals surface area contributed by atoms with Gasteiger partial charge in [0.2, 0.25) is 0 Å². The van der Waals surface area contributed by atoms with Gasteiger partial charge in [0.15, 0.2) is 0 Å².